The molecule has 1 heterocycles. The van der Waals surface area contributed by atoms with Crippen molar-refractivity contribution in [3.63, 3.8) is 0 Å². The number of nitrogens with zero attached hydrogens (tertiary/aromatic N) is 2. The van der Waals surface area contributed by atoms with Gasteiger partial charge in [-0.2, -0.15) is 5.26 Å². The fourth-order valence-corrected chi connectivity index (χ4v) is 7.26. The van der Waals surface area contributed by atoms with Crippen LogP contribution in [0.25, 0.3) is 0 Å². The summed E-state index contributed by atoms with van der Waals surface area (Å²) in [6.45, 7) is 3.62. The van der Waals surface area contributed by atoms with E-state index in [1.165, 1.54) is 36.7 Å². The topological polar surface area (TPSA) is 23.8 Å². The first-order valence-corrected chi connectivity index (χ1v) is 11.0. The average Bonchev–Trinajstić information content (AvgIpc) is 3.31. The van der Waals surface area contributed by atoms with E-state index in [4.69, 9.17) is 0 Å². The minimum Gasteiger partial charge on any atom is -0.309 e. The van der Waals surface area contributed by atoms with E-state index >= 15 is 0 Å². The second kappa shape index (κ2) is 6.19. The highest BCUT2D eigenvalue weighted by Gasteiger charge is 2.83. The van der Waals surface area contributed by atoms with Crippen LogP contribution in [0, 0.1) is 23.2 Å². The molecule has 2 aromatic rings. The number of quaternary nitrogens is 1. The first kappa shape index (κ1) is 18.0. The molecule has 2 saturated carbocycles. The Balaban J connectivity index is 1.50. The number of likely N-dealkylation sites (N-methyl/N-ethyl adjacent to an activating group) is 1. The lowest BCUT2D eigenvalue weighted by Gasteiger charge is -2.42. The van der Waals surface area contributed by atoms with Crippen LogP contribution in [0.3, 0.4) is 0 Å². The van der Waals surface area contributed by atoms with E-state index in [1.807, 2.05) is 12.1 Å². The Morgan fingerprint density at radius 2 is 1.64 bits per heavy atom. The lowest BCUT2D eigenvalue weighted by Crippen LogP contribution is -2.48. The van der Waals surface area contributed by atoms with Crippen LogP contribution in [0.4, 0.5) is 0 Å². The largest absolute Gasteiger partial charge is 0.309 e. The molecule has 2 aromatic carbocycles. The van der Waals surface area contributed by atoms with Gasteiger partial charge in [0.15, 0.2) is 5.54 Å². The summed E-state index contributed by atoms with van der Waals surface area (Å²) in [6, 6.07) is 24.6. The molecule has 144 valence electrons. The smallest absolute Gasteiger partial charge is 0.154 e. The van der Waals surface area contributed by atoms with E-state index in [-0.39, 0.29) is 0 Å². The Hall–Kier alpha value is -2.11. The van der Waals surface area contributed by atoms with E-state index in [0.29, 0.717) is 11.5 Å². The maximum atomic E-state index is 10.5. The van der Waals surface area contributed by atoms with Crippen LogP contribution in [0.2, 0.25) is 0 Å². The van der Waals surface area contributed by atoms with Crippen LogP contribution in [0.15, 0.2) is 60.7 Å². The van der Waals surface area contributed by atoms with Gasteiger partial charge in [-0.25, -0.2) is 0 Å². The van der Waals surface area contributed by atoms with Crippen molar-refractivity contribution in [3.05, 3.63) is 71.8 Å². The number of rotatable bonds is 5. The summed E-state index contributed by atoms with van der Waals surface area (Å²) >= 11 is 0. The molecule has 5 atom stereocenters. The summed E-state index contributed by atoms with van der Waals surface area (Å²) in [5.41, 5.74) is 2.37. The molecule has 1 saturated heterocycles. The van der Waals surface area contributed by atoms with Crippen molar-refractivity contribution in [1.29, 1.82) is 5.26 Å². The number of nitriles is 1. The van der Waals surface area contributed by atoms with Crippen molar-refractivity contribution in [2.24, 2.45) is 11.8 Å². The normalized spacial score (nSPS) is 35.8. The molecular weight excluding hydrogens is 340 g/mol. The molecule has 2 aliphatic carbocycles. The minimum atomic E-state index is -0.540. The molecule has 5 rings (SSSR count). The van der Waals surface area contributed by atoms with Crippen molar-refractivity contribution in [1.82, 2.24) is 0 Å². The van der Waals surface area contributed by atoms with Crippen LogP contribution in [-0.4, -0.2) is 29.7 Å². The monoisotopic (exact) mass is 371 g/mol. The van der Waals surface area contributed by atoms with E-state index in [2.05, 4.69) is 68.6 Å². The van der Waals surface area contributed by atoms with E-state index in [0.717, 1.165) is 29.5 Å². The Kier molecular flexibility index (Phi) is 3.97. The van der Waals surface area contributed by atoms with Gasteiger partial charge in [-0.3, -0.25) is 0 Å². The van der Waals surface area contributed by atoms with Gasteiger partial charge in [0.05, 0.1) is 19.7 Å². The number of benzene rings is 2. The summed E-state index contributed by atoms with van der Waals surface area (Å²) in [6.07, 6.45) is 6.39. The van der Waals surface area contributed by atoms with Gasteiger partial charge < -0.3 is 4.48 Å². The summed E-state index contributed by atoms with van der Waals surface area (Å²) in [5, 5.41) is 10.5. The van der Waals surface area contributed by atoms with Gasteiger partial charge in [-0.1, -0.05) is 60.7 Å². The van der Waals surface area contributed by atoms with E-state index < -0.39 is 5.41 Å². The predicted molar refractivity (Wildman–Crippen MR) is 113 cm³/mol. The molecule has 1 spiro atoms. The summed E-state index contributed by atoms with van der Waals surface area (Å²) < 4.78 is 1.30. The second-order valence-electron chi connectivity index (χ2n) is 9.62. The molecule has 28 heavy (non-hydrogen) atoms. The highest BCUT2D eigenvalue weighted by molar-refractivity contribution is 5.46. The number of hydrogen-bond donors (Lipinski definition) is 0. The van der Waals surface area contributed by atoms with Gasteiger partial charge in [-0.05, 0) is 43.2 Å². The SMILES string of the molecule is CC[N+]1(C)[C@H]2C[C@H](CC(C#N)(c3ccccc3)c3ccccc3)C[C@@H]3CCC321. The molecule has 2 heteroatoms. The minimum absolute atomic E-state index is 0.540. The number of hydrogen-bond acceptors (Lipinski definition) is 1. The molecule has 0 bridgehead atoms. The molecular formula is C26H31N2+. The molecule has 0 amide bonds. The third kappa shape index (κ3) is 2.17. The molecule has 2 nitrogen and oxygen atoms in total. The van der Waals surface area contributed by atoms with E-state index in [1.54, 1.807) is 0 Å². The van der Waals surface area contributed by atoms with Crippen molar-refractivity contribution < 1.29 is 4.48 Å². The van der Waals surface area contributed by atoms with Gasteiger partial charge in [0.2, 0.25) is 0 Å². The lowest BCUT2D eigenvalue weighted by molar-refractivity contribution is -0.826. The Morgan fingerprint density at radius 3 is 2.11 bits per heavy atom. The third-order valence-corrected chi connectivity index (χ3v) is 8.90. The Morgan fingerprint density at radius 1 is 1.04 bits per heavy atom. The first-order chi connectivity index (χ1) is 13.6. The summed E-state index contributed by atoms with van der Waals surface area (Å²) in [7, 11) is 2.49. The lowest BCUT2D eigenvalue weighted by atomic mass is 9.58. The molecule has 2 unspecified atom stereocenters. The second-order valence-corrected chi connectivity index (χ2v) is 9.62. The van der Waals surface area contributed by atoms with Crippen LogP contribution < -0.4 is 0 Å². The number of likely N-dealkylation sites (tertiary alicyclic amines) is 1. The highest BCUT2D eigenvalue weighted by Crippen LogP contribution is 2.70. The van der Waals surface area contributed by atoms with Crippen molar-refractivity contribution in [2.45, 2.75) is 56.0 Å². The van der Waals surface area contributed by atoms with Crippen molar-refractivity contribution >= 4 is 0 Å². The highest BCUT2D eigenvalue weighted by atomic mass is 15.6. The first-order valence-electron chi connectivity index (χ1n) is 11.0. The predicted octanol–water partition coefficient (Wildman–Crippen LogP) is 5.29. The van der Waals surface area contributed by atoms with Gasteiger partial charge in [-0.15, -0.1) is 0 Å². The van der Waals surface area contributed by atoms with Crippen LogP contribution in [0.1, 0.15) is 50.2 Å². The molecule has 3 fully saturated rings. The summed E-state index contributed by atoms with van der Waals surface area (Å²) in [4.78, 5) is 0. The zero-order chi connectivity index (χ0) is 19.4. The zero-order valence-electron chi connectivity index (χ0n) is 17.1. The molecule has 0 radical (unpaired) electrons. The zero-order valence-corrected chi connectivity index (χ0v) is 17.1. The van der Waals surface area contributed by atoms with Crippen LogP contribution >= 0.6 is 0 Å². The molecule has 0 aromatic heterocycles. The van der Waals surface area contributed by atoms with Crippen LogP contribution in [0.5, 0.6) is 0 Å². The van der Waals surface area contributed by atoms with Crippen molar-refractivity contribution in [3.8, 4) is 6.07 Å². The van der Waals surface area contributed by atoms with Gasteiger partial charge in [0.1, 0.15) is 11.5 Å². The maximum Gasteiger partial charge on any atom is 0.154 e. The fraction of sp³-hybridized carbons (Fsp3) is 0.500. The summed E-state index contributed by atoms with van der Waals surface area (Å²) in [5.74, 6) is 1.51. The Labute approximate surface area is 169 Å². The van der Waals surface area contributed by atoms with Crippen molar-refractivity contribution in [2.75, 3.05) is 13.6 Å². The van der Waals surface area contributed by atoms with E-state index in [9.17, 15) is 5.26 Å². The molecule has 3 aliphatic rings. The van der Waals surface area contributed by atoms with Gasteiger partial charge in [0.25, 0.3) is 0 Å². The average molecular weight is 372 g/mol. The molecule has 1 aliphatic heterocycles. The maximum absolute atomic E-state index is 10.5. The standard InChI is InChI=1S/C26H31N2/c1-3-28(2)24-17-20(16-23-14-15-26(23,24)28)18-25(19-27,21-10-6-4-7-11-21)22-12-8-5-9-13-22/h4-13,20,23-24H,3,14-18H2,1-2H3/q+1/t20-,23+,24+,26?,28?/m1/s1. The Bertz CT molecular complexity index is 860. The fourth-order valence-electron chi connectivity index (χ4n) is 7.26. The molecule has 0 N–H and O–H groups in total. The quantitative estimate of drug-likeness (QED) is 0.517. The van der Waals surface area contributed by atoms with Gasteiger partial charge in [0, 0.05) is 18.8 Å². The van der Waals surface area contributed by atoms with Gasteiger partial charge >= 0.3 is 0 Å². The third-order valence-electron chi connectivity index (χ3n) is 8.90. The van der Waals surface area contributed by atoms with Crippen LogP contribution in [-0.2, 0) is 5.41 Å².